The largest absolute Gasteiger partial charge is 0.331 e. The molecule has 0 aliphatic heterocycles. The van der Waals surface area contributed by atoms with Crippen LogP contribution in [0.1, 0.15) is 24.3 Å². The third-order valence-electron chi connectivity index (χ3n) is 3.57. The summed E-state index contributed by atoms with van der Waals surface area (Å²) in [7, 11) is 0. The molecule has 3 nitrogen and oxygen atoms in total. The van der Waals surface area contributed by atoms with Crippen molar-refractivity contribution in [1.82, 2.24) is 14.9 Å². The van der Waals surface area contributed by atoms with E-state index in [0.29, 0.717) is 6.04 Å². The maximum absolute atomic E-state index is 4.42. The minimum Gasteiger partial charge on any atom is -0.331 e. The Morgan fingerprint density at radius 1 is 1.29 bits per heavy atom. The molecule has 3 rings (SSSR count). The van der Waals surface area contributed by atoms with Crippen molar-refractivity contribution in [3.8, 4) is 0 Å². The number of hydrogen-bond acceptors (Lipinski definition) is 3. The van der Waals surface area contributed by atoms with E-state index in [-0.39, 0.29) is 0 Å². The lowest BCUT2D eigenvalue weighted by Gasteiger charge is -2.12. The number of thiophene rings is 1. The van der Waals surface area contributed by atoms with Crippen LogP contribution in [0.2, 0.25) is 0 Å². The molecule has 0 aliphatic rings. The number of aromatic nitrogens is 2. The molecule has 2 aromatic heterocycles. The van der Waals surface area contributed by atoms with Crippen LogP contribution in [-0.4, -0.2) is 16.1 Å². The average molecular weight is 364 g/mol. The molecule has 0 fully saturated rings. The summed E-state index contributed by atoms with van der Waals surface area (Å²) < 4.78 is 3.42. The average Bonchev–Trinajstić information content (AvgIpc) is 3.10. The first-order valence-corrected chi connectivity index (χ1v) is 8.73. The van der Waals surface area contributed by atoms with Crippen molar-refractivity contribution in [3.63, 3.8) is 0 Å². The minimum absolute atomic E-state index is 0.404. The summed E-state index contributed by atoms with van der Waals surface area (Å²) in [5.41, 5.74) is 2.29. The smallest absolute Gasteiger partial charge is 0.0958 e. The lowest BCUT2D eigenvalue weighted by molar-refractivity contribution is 0.535. The number of nitrogens with one attached hydrogen (secondary N) is 1. The Bertz CT molecular complexity index is 719. The fourth-order valence-corrected chi connectivity index (χ4v) is 3.87. The van der Waals surface area contributed by atoms with E-state index < -0.39 is 0 Å². The van der Waals surface area contributed by atoms with Crippen molar-refractivity contribution in [2.45, 2.75) is 25.9 Å². The zero-order valence-corrected chi connectivity index (χ0v) is 14.3. The third-order valence-corrected chi connectivity index (χ3v) is 5.38. The SMILES string of the molecule is CC(NCCCn1cnc2ccccc21)c1ccc(Br)s1. The summed E-state index contributed by atoms with van der Waals surface area (Å²) >= 11 is 5.30. The van der Waals surface area contributed by atoms with Crippen molar-refractivity contribution in [2.75, 3.05) is 6.54 Å². The molecule has 3 aromatic rings. The number of para-hydroxylation sites is 2. The van der Waals surface area contributed by atoms with E-state index >= 15 is 0 Å². The molecule has 1 atom stereocenters. The Morgan fingerprint density at radius 2 is 2.14 bits per heavy atom. The number of nitrogens with zero attached hydrogens (tertiary/aromatic N) is 2. The van der Waals surface area contributed by atoms with Crippen LogP contribution in [0.4, 0.5) is 0 Å². The van der Waals surface area contributed by atoms with Crippen LogP contribution in [0.5, 0.6) is 0 Å². The Labute approximate surface area is 137 Å². The molecule has 2 heterocycles. The topological polar surface area (TPSA) is 29.9 Å². The number of fused-ring (bicyclic) bond motifs is 1. The van der Waals surface area contributed by atoms with Crippen molar-refractivity contribution in [2.24, 2.45) is 0 Å². The highest BCUT2D eigenvalue weighted by Gasteiger charge is 2.07. The number of benzene rings is 1. The van der Waals surface area contributed by atoms with Gasteiger partial charge in [-0.1, -0.05) is 12.1 Å². The summed E-state index contributed by atoms with van der Waals surface area (Å²) in [6.07, 6.45) is 3.03. The molecule has 0 radical (unpaired) electrons. The van der Waals surface area contributed by atoms with Gasteiger partial charge in [-0.3, -0.25) is 0 Å². The molecule has 1 N–H and O–H groups in total. The number of halogens is 1. The van der Waals surface area contributed by atoms with Gasteiger partial charge in [-0.2, -0.15) is 0 Å². The molecule has 21 heavy (non-hydrogen) atoms. The van der Waals surface area contributed by atoms with E-state index in [1.54, 1.807) is 11.3 Å². The maximum Gasteiger partial charge on any atom is 0.0958 e. The van der Waals surface area contributed by atoms with Gasteiger partial charge in [-0.25, -0.2) is 4.98 Å². The van der Waals surface area contributed by atoms with E-state index in [2.05, 4.69) is 68.1 Å². The van der Waals surface area contributed by atoms with Crippen LogP contribution in [0.3, 0.4) is 0 Å². The molecular weight excluding hydrogens is 346 g/mol. The maximum atomic E-state index is 4.42. The second-order valence-electron chi connectivity index (χ2n) is 5.10. The van der Waals surface area contributed by atoms with Gasteiger partial charge in [0, 0.05) is 17.5 Å². The quantitative estimate of drug-likeness (QED) is 0.648. The first-order valence-electron chi connectivity index (χ1n) is 7.12. The second kappa shape index (κ2) is 6.73. The number of aryl methyl sites for hydroxylation is 1. The Balaban J connectivity index is 1.50. The van der Waals surface area contributed by atoms with E-state index in [1.165, 1.54) is 14.2 Å². The van der Waals surface area contributed by atoms with Gasteiger partial charge in [0.2, 0.25) is 0 Å². The fourth-order valence-electron chi connectivity index (χ4n) is 2.42. The predicted octanol–water partition coefficient (Wildman–Crippen LogP) is 4.60. The lowest BCUT2D eigenvalue weighted by atomic mass is 10.2. The van der Waals surface area contributed by atoms with E-state index in [4.69, 9.17) is 0 Å². The lowest BCUT2D eigenvalue weighted by Crippen LogP contribution is -2.20. The monoisotopic (exact) mass is 363 g/mol. The molecule has 0 bridgehead atoms. The summed E-state index contributed by atoms with van der Waals surface area (Å²) in [5.74, 6) is 0. The van der Waals surface area contributed by atoms with E-state index in [0.717, 1.165) is 25.0 Å². The van der Waals surface area contributed by atoms with Crippen LogP contribution in [0.15, 0.2) is 46.5 Å². The van der Waals surface area contributed by atoms with Crippen LogP contribution in [0.25, 0.3) is 11.0 Å². The molecule has 110 valence electrons. The van der Waals surface area contributed by atoms with Crippen molar-refractivity contribution in [3.05, 3.63) is 51.4 Å². The van der Waals surface area contributed by atoms with E-state index in [9.17, 15) is 0 Å². The van der Waals surface area contributed by atoms with Crippen molar-refractivity contribution < 1.29 is 0 Å². The van der Waals surface area contributed by atoms with Crippen LogP contribution >= 0.6 is 27.3 Å². The van der Waals surface area contributed by atoms with Gasteiger partial charge in [-0.05, 0) is 60.1 Å². The van der Waals surface area contributed by atoms with Gasteiger partial charge < -0.3 is 9.88 Å². The van der Waals surface area contributed by atoms with Gasteiger partial charge in [0.15, 0.2) is 0 Å². The third kappa shape index (κ3) is 3.54. The summed E-state index contributed by atoms with van der Waals surface area (Å²) in [4.78, 5) is 5.79. The molecule has 0 spiro atoms. The zero-order valence-electron chi connectivity index (χ0n) is 11.9. The first kappa shape index (κ1) is 14.8. The van der Waals surface area contributed by atoms with Gasteiger partial charge in [0.25, 0.3) is 0 Å². The molecule has 0 saturated heterocycles. The van der Waals surface area contributed by atoms with Crippen molar-refractivity contribution in [1.29, 1.82) is 0 Å². The van der Waals surface area contributed by atoms with Gasteiger partial charge in [0.05, 0.1) is 21.1 Å². The number of imidazole rings is 1. The standard InChI is InChI=1S/C16H18BrN3S/c1-12(15-7-8-16(17)21-15)18-9-4-10-20-11-19-13-5-2-3-6-14(13)20/h2-3,5-8,11-12,18H,4,9-10H2,1H3. The highest BCUT2D eigenvalue weighted by molar-refractivity contribution is 9.11. The summed E-state index contributed by atoms with van der Waals surface area (Å²) in [6, 6.07) is 13.0. The first-order chi connectivity index (χ1) is 10.2. The zero-order chi connectivity index (χ0) is 14.7. The molecule has 1 aromatic carbocycles. The summed E-state index contributed by atoms with van der Waals surface area (Å²) in [5, 5.41) is 3.58. The Morgan fingerprint density at radius 3 is 2.95 bits per heavy atom. The molecular formula is C16H18BrN3S. The van der Waals surface area contributed by atoms with Crippen LogP contribution in [0, 0.1) is 0 Å². The Kier molecular flexibility index (Phi) is 4.73. The second-order valence-corrected chi connectivity index (χ2v) is 7.59. The predicted molar refractivity (Wildman–Crippen MR) is 92.8 cm³/mol. The molecule has 1 unspecified atom stereocenters. The minimum atomic E-state index is 0.404. The normalized spacial score (nSPS) is 12.9. The fraction of sp³-hybridized carbons (Fsp3) is 0.312. The highest BCUT2D eigenvalue weighted by Crippen LogP contribution is 2.26. The highest BCUT2D eigenvalue weighted by atomic mass is 79.9. The Hall–Kier alpha value is -1.17. The van der Waals surface area contributed by atoms with E-state index in [1.807, 2.05) is 12.4 Å². The van der Waals surface area contributed by atoms with Crippen molar-refractivity contribution >= 4 is 38.3 Å². The van der Waals surface area contributed by atoms with Gasteiger partial charge in [0.1, 0.15) is 0 Å². The van der Waals surface area contributed by atoms with Gasteiger partial charge >= 0.3 is 0 Å². The summed E-state index contributed by atoms with van der Waals surface area (Å²) in [6.45, 7) is 4.21. The molecule has 0 amide bonds. The van der Waals surface area contributed by atoms with Gasteiger partial charge in [-0.15, -0.1) is 11.3 Å². The van der Waals surface area contributed by atoms with Crippen LogP contribution < -0.4 is 5.32 Å². The molecule has 0 aliphatic carbocycles. The number of hydrogen-bond donors (Lipinski definition) is 1. The van der Waals surface area contributed by atoms with Crippen LogP contribution in [-0.2, 0) is 6.54 Å². The number of rotatable bonds is 6. The molecule has 0 saturated carbocycles. The molecule has 5 heteroatoms.